The second-order valence-electron chi connectivity index (χ2n) is 3.73. The van der Waals surface area contributed by atoms with Crippen LogP contribution in [0, 0.1) is 0 Å². The summed E-state index contributed by atoms with van der Waals surface area (Å²) in [5, 5.41) is 0. The predicted molar refractivity (Wildman–Crippen MR) is 50.2 cm³/mol. The van der Waals surface area contributed by atoms with Crippen LogP contribution in [0.3, 0.4) is 0 Å². The van der Waals surface area contributed by atoms with Gasteiger partial charge in [0, 0.05) is 12.5 Å². The van der Waals surface area contributed by atoms with Crippen LogP contribution in [-0.2, 0) is 4.79 Å². The van der Waals surface area contributed by atoms with E-state index in [-0.39, 0.29) is 0 Å². The molecule has 1 heterocycles. The van der Waals surface area contributed by atoms with Gasteiger partial charge in [0.05, 0.1) is 0 Å². The monoisotopic (exact) mass is 169 g/mol. The van der Waals surface area contributed by atoms with Crippen molar-refractivity contribution in [2.24, 2.45) is 0 Å². The minimum atomic E-state index is 0.740. The average Bonchev–Trinajstić information content (AvgIpc) is 2.09. The molecule has 1 rings (SSSR count). The Bertz CT molecular complexity index is 136. The maximum absolute atomic E-state index is 10.1. The molecule has 0 aromatic heterocycles. The second kappa shape index (κ2) is 5.31. The Balaban J connectivity index is 2.15. The van der Waals surface area contributed by atoms with Gasteiger partial charge in [-0.15, -0.1) is 0 Å². The van der Waals surface area contributed by atoms with Crippen LogP contribution in [0.1, 0.15) is 38.5 Å². The van der Waals surface area contributed by atoms with E-state index in [4.69, 9.17) is 0 Å². The lowest BCUT2D eigenvalue weighted by atomic mass is 9.98. The van der Waals surface area contributed by atoms with E-state index in [0.717, 1.165) is 25.2 Å². The molecule has 1 unspecified atom stereocenters. The van der Waals surface area contributed by atoms with E-state index in [0.29, 0.717) is 0 Å². The van der Waals surface area contributed by atoms with Crippen LogP contribution in [0.15, 0.2) is 0 Å². The van der Waals surface area contributed by atoms with E-state index in [2.05, 4.69) is 11.9 Å². The molecule has 0 radical (unpaired) electrons. The summed E-state index contributed by atoms with van der Waals surface area (Å²) in [6, 6.07) is 0.749. The molecule has 1 aliphatic heterocycles. The first-order valence-electron chi connectivity index (χ1n) is 4.98. The standard InChI is InChI=1S/C10H19NO/c1-11-8-4-2-6-10(11)7-3-5-9-12/h9-10H,2-8H2,1H3. The van der Waals surface area contributed by atoms with E-state index in [1.807, 2.05) is 0 Å². The molecule has 1 atom stereocenters. The molecule has 0 aliphatic carbocycles. The van der Waals surface area contributed by atoms with Gasteiger partial charge in [0.1, 0.15) is 6.29 Å². The van der Waals surface area contributed by atoms with Gasteiger partial charge in [0.25, 0.3) is 0 Å². The van der Waals surface area contributed by atoms with Crippen LogP contribution in [0.2, 0.25) is 0 Å². The number of piperidine rings is 1. The fraction of sp³-hybridized carbons (Fsp3) is 0.900. The second-order valence-corrected chi connectivity index (χ2v) is 3.73. The largest absolute Gasteiger partial charge is 0.303 e. The highest BCUT2D eigenvalue weighted by Gasteiger charge is 2.17. The van der Waals surface area contributed by atoms with Gasteiger partial charge in [-0.05, 0) is 39.3 Å². The van der Waals surface area contributed by atoms with Crippen molar-refractivity contribution >= 4 is 6.29 Å². The quantitative estimate of drug-likeness (QED) is 0.473. The maximum atomic E-state index is 10.1. The maximum Gasteiger partial charge on any atom is 0.119 e. The zero-order valence-electron chi connectivity index (χ0n) is 7.96. The van der Waals surface area contributed by atoms with Crippen molar-refractivity contribution in [1.29, 1.82) is 0 Å². The summed E-state index contributed by atoms with van der Waals surface area (Å²) in [5.74, 6) is 0. The van der Waals surface area contributed by atoms with Crippen molar-refractivity contribution in [1.82, 2.24) is 4.90 Å². The number of unbranched alkanes of at least 4 members (excludes halogenated alkanes) is 1. The molecule has 1 saturated heterocycles. The normalized spacial score (nSPS) is 25.6. The molecule has 0 bridgehead atoms. The molecule has 12 heavy (non-hydrogen) atoms. The molecular formula is C10H19NO. The van der Waals surface area contributed by atoms with E-state index in [1.54, 1.807) is 0 Å². The molecule has 0 spiro atoms. The van der Waals surface area contributed by atoms with Crippen LogP contribution < -0.4 is 0 Å². The lowest BCUT2D eigenvalue weighted by Crippen LogP contribution is -2.35. The third kappa shape index (κ3) is 2.94. The number of hydrogen-bond acceptors (Lipinski definition) is 2. The number of nitrogens with zero attached hydrogens (tertiary/aromatic N) is 1. The SMILES string of the molecule is CN1CCCCC1CCCC=O. The van der Waals surface area contributed by atoms with E-state index < -0.39 is 0 Å². The fourth-order valence-corrected chi connectivity index (χ4v) is 1.95. The number of aldehydes is 1. The van der Waals surface area contributed by atoms with Gasteiger partial charge in [-0.25, -0.2) is 0 Å². The minimum Gasteiger partial charge on any atom is -0.303 e. The predicted octanol–water partition coefficient (Wildman–Crippen LogP) is 1.84. The van der Waals surface area contributed by atoms with Gasteiger partial charge in [-0.3, -0.25) is 0 Å². The highest BCUT2D eigenvalue weighted by Crippen LogP contribution is 2.19. The van der Waals surface area contributed by atoms with Gasteiger partial charge in [-0.2, -0.15) is 0 Å². The average molecular weight is 169 g/mol. The number of hydrogen-bond donors (Lipinski definition) is 0. The van der Waals surface area contributed by atoms with Crippen LogP contribution in [0.4, 0.5) is 0 Å². The third-order valence-electron chi connectivity index (χ3n) is 2.78. The van der Waals surface area contributed by atoms with Crippen LogP contribution in [-0.4, -0.2) is 30.8 Å². The first-order valence-corrected chi connectivity index (χ1v) is 4.98. The number of carbonyl (C=O) groups excluding carboxylic acids is 1. The smallest absolute Gasteiger partial charge is 0.119 e. The van der Waals surface area contributed by atoms with E-state index in [1.165, 1.54) is 32.2 Å². The Morgan fingerprint density at radius 1 is 1.50 bits per heavy atom. The molecule has 0 saturated carbocycles. The van der Waals surface area contributed by atoms with Crippen molar-refractivity contribution in [3.63, 3.8) is 0 Å². The molecule has 70 valence electrons. The van der Waals surface area contributed by atoms with E-state index >= 15 is 0 Å². The molecule has 2 nitrogen and oxygen atoms in total. The summed E-state index contributed by atoms with van der Waals surface area (Å²) < 4.78 is 0. The summed E-state index contributed by atoms with van der Waals surface area (Å²) in [7, 11) is 2.20. The Morgan fingerprint density at radius 2 is 2.33 bits per heavy atom. The van der Waals surface area contributed by atoms with E-state index in [9.17, 15) is 4.79 Å². The fourth-order valence-electron chi connectivity index (χ4n) is 1.95. The van der Waals surface area contributed by atoms with Crippen LogP contribution >= 0.6 is 0 Å². The summed E-state index contributed by atoms with van der Waals surface area (Å²) in [6.45, 7) is 1.24. The molecule has 0 amide bonds. The lowest BCUT2D eigenvalue weighted by Gasteiger charge is -2.32. The lowest BCUT2D eigenvalue weighted by molar-refractivity contribution is -0.108. The van der Waals surface area contributed by atoms with Crippen molar-refractivity contribution in [3.8, 4) is 0 Å². The molecule has 1 fully saturated rings. The molecule has 0 aromatic carbocycles. The van der Waals surface area contributed by atoms with Crippen molar-refractivity contribution < 1.29 is 4.79 Å². The van der Waals surface area contributed by atoms with Gasteiger partial charge in [-0.1, -0.05) is 6.42 Å². The van der Waals surface area contributed by atoms with Gasteiger partial charge >= 0.3 is 0 Å². The Labute approximate surface area is 74.9 Å². The highest BCUT2D eigenvalue weighted by atomic mass is 16.1. The Kier molecular flexibility index (Phi) is 4.30. The van der Waals surface area contributed by atoms with Crippen LogP contribution in [0.25, 0.3) is 0 Å². The topological polar surface area (TPSA) is 20.3 Å². The molecular weight excluding hydrogens is 150 g/mol. The van der Waals surface area contributed by atoms with Gasteiger partial charge in [0.15, 0.2) is 0 Å². The number of rotatable bonds is 4. The van der Waals surface area contributed by atoms with Gasteiger partial charge in [0.2, 0.25) is 0 Å². The minimum absolute atomic E-state index is 0.740. The molecule has 0 aromatic rings. The van der Waals surface area contributed by atoms with Crippen molar-refractivity contribution in [2.45, 2.75) is 44.6 Å². The summed E-state index contributed by atoms with van der Waals surface area (Å²) in [5.41, 5.74) is 0. The first-order chi connectivity index (χ1) is 5.84. The molecule has 1 aliphatic rings. The summed E-state index contributed by atoms with van der Waals surface area (Å²) in [6.07, 6.45) is 8.09. The van der Waals surface area contributed by atoms with Crippen molar-refractivity contribution in [3.05, 3.63) is 0 Å². The first kappa shape index (κ1) is 9.72. The summed E-state index contributed by atoms with van der Waals surface area (Å²) >= 11 is 0. The zero-order chi connectivity index (χ0) is 8.81. The highest BCUT2D eigenvalue weighted by molar-refractivity contribution is 5.48. The van der Waals surface area contributed by atoms with Crippen LogP contribution in [0.5, 0.6) is 0 Å². The number of carbonyl (C=O) groups is 1. The molecule has 0 N–H and O–H groups in total. The zero-order valence-corrected chi connectivity index (χ0v) is 7.96. The molecule has 2 heteroatoms. The summed E-state index contributed by atoms with van der Waals surface area (Å²) in [4.78, 5) is 12.6. The Hall–Kier alpha value is -0.370. The Morgan fingerprint density at radius 3 is 3.00 bits per heavy atom. The third-order valence-corrected chi connectivity index (χ3v) is 2.78. The van der Waals surface area contributed by atoms with Crippen molar-refractivity contribution in [2.75, 3.05) is 13.6 Å². The van der Waals surface area contributed by atoms with Gasteiger partial charge < -0.3 is 9.69 Å². The number of likely N-dealkylation sites (tertiary alicyclic amines) is 1.